The van der Waals surface area contributed by atoms with Gasteiger partial charge in [0.15, 0.2) is 0 Å². The van der Waals surface area contributed by atoms with Crippen LogP contribution in [0.3, 0.4) is 0 Å². The van der Waals surface area contributed by atoms with Gasteiger partial charge in [0, 0.05) is 4.88 Å². The minimum Gasteiger partial charge on any atom is -0.343 e. The Morgan fingerprint density at radius 2 is 2.12 bits per heavy atom. The Morgan fingerprint density at radius 1 is 1.50 bits per heavy atom. The lowest BCUT2D eigenvalue weighted by Crippen LogP contribution is -2.45. The van der Waals surface area contributed by atoms with Crippen molar-refractivity contribution in [3.05, 3.63) is 22.4 Å². The number of hydrogen-bond acceptors (Lipinski definition) is 2. The number of carbonyl (C=O) groups excluding carboxylic acids is 1. The molecule has 7 heteroatoms. The maximum Gasteiger partial charge on any atom is 0.383 e. The highest BCUT2D eigenvalue weighted by Gasteiger charge is 2.49. The first-order chi connectivity index (χ1) is 7.35. The van der Waals surface area contributed by atoms with E-state index >= 15 is 0 Å². The SMILES string of the molecule is C[C@@H](NC(=O)C(F)(F)C(F)F)c1cccs1. The van der Waals surface area contributed by atoms with Gasteiger partial charge in [-0.1, -0.05) is 6.07 Å². The normalized spacial score (nSPS) is 13.9. The number of alkyl halides is 4. The third-order valence-electron chi connectivity index (χ3n) is 1.89. The number of rotatable bonds is 4. The second-order valence-electron chi connectivity index (χ2n) is 3.13. The summed E-state index contributed by atoms with van der Waals surface area (Å²) in [6.07, 6.45) is -4.00. The first-order valence-corrected chi connectivity index (χ1v) is 5.24. The van der Waals surface area contributed by atoms with Gasteiger partial charge in [-0.3, -0.25) is 4.79 Å². The van der Waals surface area contributed by atoms with Crippen LogP contribution in [0.4, 0.5) is 17.6 Å². The second-order valence-corrected chi connectivity index (χ2v) is 4.11. The van der Waals surface area contributed by atoms with Gasteiger partial charge in [0.25, 0.3) is 5.91 Å². The lowest BCUT2D eigenvalue weighted by atomic mass is 10.2. The number of carbonyl (C=O) groups is 1. The number of nitrogens with one attached hydrogen (secondary N) is 1. The van der Waals surface area contributed by atoms with Crippen molar-refractivity contribution in [2.75, 3.05) is 0 Å². The maximum atomic E-state index is 12.6. The largest absolute Gasteiger partial charge is 0.383 e. The summed E-state index contributed by atoms with van der Waals surface area (Å²) in [5.41, 5.74) is 0. The molecular formula is C9H9F4NOS. The van der Waals surface area contributed by atoms with Crippen LogP contribution < -0.4 is 5.32 Å². The average molecular weight is 255 g/mol. The molecule has 0 saturated carbocycles. The van der Waals surface area contributed by atoms with E-state index in [-0.39, 0.29) is 0 Å². The molecule has 0 radical (unpaired) electrons. The van der Waals surface area contributed by atoms with Crippen LogP contribution in [0, 0.1) is 0 Å². The molecule has 1 heterocycles. The van der Waals surface area contributed by atoms with Crippen LogP contribution in [0.5, 0.6) is 0 Å². The first-order valence-electron chi connectivity index (χ1n) is 4.36. The lowest BCUT2D eigenvalue weighted by Gasteiger charge is -2.18. The van der Waals surface area contributed by atoms with Crippen LogP contribution in [-0.2, 0) is 4.79 Å². The molecule has 0 aromatic carbocycles. The Morgan fingerprint density at radius 3 is 2.56 bits per heavy atom. The van der Waals surface area contributed by atoms with Crippen molar-refractivity contribution < 1.29 is 22.4 Å². The summed E-state index contributed by atoms with van der Waals surface area (Å²) in [7, 11) is 0. The molecular weight excluding hydrogens is 246 g/mol. The second kappa shape index (κ2) is 4.82. The van der Waals surface area contributed by atoms with Crippen LogP contribution in [0.25, 0.3) is 0 Å². The highest BCUT2D eigenvalue weighted by atomic mass is 32.1. The summed E-state index contributed by atoms with van der Waals surface area (Å²) >= 11 is 1.24. The van der Waals surface area contributed by atoms with Gasteiger partial charge in [0.05, 0.1) is 6.04 Å². The molecule has 1 amide bonds. The van der Waals surface area contributed by atoms with E-state index in [0.29, 0.717) is 4.88 Å². The van der Waals surface area contributed by atoms with Gasteiger partial charge in [0.1, 0.15) is 0 Å². The molecule has 2 nitrogen and oxygen atoms in total. The van der Waals surface area contributed by atoms with Crippen LogP contribution >= 0.6 is 11.3 Å². The highest BCUT2D eigenvalue weighted by molar-refractivity contribution is 7.10. The van der Waals surface area contributed by atoms with Crippen molar-refractivity contribution in [1.29, 1.82) is 0 Å². The lowest BCUT2D eigenvalue weighted by molar-refractivity contribution is -0.170. The van der Waals surface area contributed by atoms with E-state index < -0.39 is 24.3 Å². The summed E-state index contributed by atoms with van der Waals surface area (Å²) in [4.78, 5) is 11.5. The van der Waals surface area contributed by atoms with E-state index in [2.05, 4.69) is 0 Å². The Kier molecular flexibility index (Phi) is 3.90. The third-order valence-corrected chi connectivity index (χ3v) is 2.95. The van der Waals surface area contributed by atoms with Gasteiger partial charge in [0.2, 0.25) is 0 Å². The summed E-state index contributed by atoms with van der Waals surface area (Å²) in [6, 6.07) is 2.58. The standard InChI is InChI=1S/C9H9F4NOS/c1-5(6-3-2-4-16-6)14-8(15)9(12,13)7(10)11/h2-5,7H,1H3,(H,14,15)/t5-/m1/s1. The molecule has 16 heavy (non-hydrogen) atoms. The predicted octanol–water partition coefficient (Wildman–Crippen LogP) is 2.83. The van der Waals surface area contributed by atoms with E-state index in [1.165, 1.54) is 18.3 Å². The third kappa shape index (κ3) is 2.72. The molecule has 90 valence electrons. The monoisotopic (exact) mass is 255 g/mol. The van der Waals surface area contributed by atoms with E-state index in [9.17, 15) is 22.4 Å². The molecule has 1 N–H and O–H groups in total. The van der Waals surface area contributed by atoms with Gasteiger partial charge in [-0.05, 0) is 18.4 Å². The van der Waals surface area contributed by atoms with Crippen molar-refractivity contribution in [3.63, 3.8) is 0 Å². The van der Waals surface area contributed by atoms with Crippen molar-refractivity contribution in [1.82, 2.24) is 5.32 Å². The molecule has 0 aliphatic heterocycles. The zero-order valence-electron chi connectivity index (χ0n) is 8.22. The molecule has 1 rings (SSSR count). The number of amides is 1. The van der Waals surface area contributed by atoms with Crippen molar-refractivity contribution in [3.8, 4) is 0 Å². The average Bonchev–Trinajstić information content (AvgIpc) is 2.69. The number of halogens is 4. The van der Waals surface area contributed by atoms with Crippen LogP contribution in [0.1, 0.15) is 17.8 Å². The molecule has 0 fully saturated rings. The fourth-order valence-electron chi connectivity index (χ4n) is 1.00. The Bertz CT molecular complexity index is 352. The maximum absolute atomic E-state index is 12.6. The molecule has 1 aromatic rings. The van der Waals surface area contributed by atoms with Crippen LogP contribution in [0.2, 0.25) is 0 Å². The van der Waals surface area contributed by atoms with E-state index in [1.54, 1.807) is 17.5 Å². The topological polar surface area (TPSA) is 29.1 Å². The fraction of sp³-hybridized carbons (Fsp3) is 0.444. The molecule has 0 saturated heterocycles. The minimum atomic E-state index is -4.65. The summed E-state index contributed by atoms with van der Waals surface area (Å²) in [6.45, 7) is 1.45. The molecule has 0 aliphatic carbocycles. The molecule has 0 aliphatic rings. The van der Waals surface area contributed by atoms with Crippen molar-refractivity contribution in [2.45, 2.75) is 25.3 Å². The smallest absolute Gasteiger partial charge is 0.343 e. The van der Waals surface area contributed by atoms with E-state index in [0.717, 1.165) is 0 Å². The number of hydrogen-bond donors (Lipinski definition) is 1. The van der Waals surface area contributed by atoms with Gasteiger partial charge in [-0.15, -0.1) is 11.3 Å². The first kappa shape index (κ1) is 13.0. The quantitative estimate of drug-likeness (QED) is 0.823. The van der Waals surface area contributed by atoms with Gasteiger partial charge in [-0.2, -0.15) is 8.78 Å². The Balaban J connectivity index is 2.65. The molecule has 0 unspecified atom stereocenters. The minimum absolute atomic E-state index is 0.624. The van der Waals surface area contributed by atoms with Gasteiger partial charge < -0.3 is 5.32 Å². The molecule has 0 bridgehead atoms. The van der Waals surface area contributed by atoms with E-state index in [1.807, 2.05) is 5.32 Å². The van der Waals surface area contributed by atoms with E-state index in [4.69, 9.17) is 0 Å². The summed E-state index contributed by atoms with van der Waals surface area (Å²) in [5.74, 6) is -6.60. The van der Waals surface area contributed by atoms with Crippen LogP contribution in [-0.4, -0.2) is 18.3 Å². The molecule has 1 atom stereocenters. The van der Waals surface area contributed by atoms with Gasteiger partial charge >= 0.3 is 12.3 Å². The highest BCUT2D eigenvalue weighted by Crippen LogP contribution is 2.25. The molecule has 0 spiro atoms. The Labute approximate surface area is 93.3 Å². The van der Waals surface area contributed by atoms with Gasteiger partial charge in [-0.25, -0.2) is 8.78 Å². The zero-order valence-corrected chi connectivity index (χ0v) is 9.03. The molecule has 1 aromatic heterocycles. The fourth-order valence-corrected chi connectivity index (χ4v) is 1.74. The number of thiophene rings is 1. The Hall–Kier alpha value is -1.11. The summed E-state index contributed by atoms with van der Waals surface area (Å²) in [5, 5.41) is 3.54. The predicted molar refractivity (Wildman–Crippen MR) is 51.8 cm³/mol. The van der Waals surface area contributed by atoms with Crippen molar-refractivity contribution in [2.24, 2.45) is 0 Å². The van der Waals surface area contributed by atoms with Crippen molar-refractivity contribution >= 4 is 17.2 Å². The summed E-state index contributed by atoms with van der Waals surface area (Å²) < 4.78 is 48.9. The zero-order chi connectivity index (χ0) is 12.3. The van der Waals surface area contributed by atoms with Crippen LogP contribution in [0.15, 0.2) is 17.5 Å².